The van der Waals surface area contributed by atoms with Crippen LogP contribution in [0.15, 0.2) is 52.7 Å². The largest absolute Gasteiger partial charge is 0.467 e. The fourth-order valence-electron chi connectivity index (χ4n) is 1.86. The second-order valence-corrected chi connectivity index (χ2v) is 5.58. The Labute approximate surface area is 145 Å². The maximum atomic E-state index is 12.0. The number of carbonyl (C=O) groups excluding carboxylic acids is 2. The lowest BCUT2D eigenvalue weighted by Gasteiger charge is -2.06. The Kier molecular flexibility index (Phi) is 6.13. The van der Waals surface area contributed by atoms with Crippen LogP contribution in [0.1, 0.15) is 25.2 Å². The molecule has 0 fully saturated rings. The second kappa shape index (κ2) is 8.50. The summed E-state index contributed by atoms with van der Waals surface area (Å²) in [6.07, 6.45) is 2.97. The van der Waals surface area contributed by atoms with E-state index in [1.807, 2.05) is 6.07 Å². The molecule has 2 rings (SSSR count). The minimum atomic E-state index is -0.491. The lowest BCUT2D eigenvalue weighted by Crippen LogP contribution is -2.23. The van der Waals surface area contributed by atoms with Crippen LogP contribution in [0.5, 0.6) is 5.75 Å². The van der Waals surface area contributed by atoms with Crippen LogP contribution < -0.4 is 10.1 Å². The summed E-state index contributed by atoms with van der Waals surface area (Å²) in [6.45, 7) is 3.70. The van der Waals surface area contributed by atoms with Crippen molar-refractivity contribution in [3.05, 3.63) is 59.6 Å². The van der Waals surface area contributed by atoms with Crippen molar-refractivity contribution in [2.24, 2.45) is 5.92 Å². The van der Waals surface area contributed by atoms with Crippen LogP contribution in [0.25, 0.3) is 6.08 Å². The van der Waals surface area contributed by atoms with Crippen LogP contribution in [0.4, 0.5) is 0 Å². The van der Waals surface area contributed by atoms with Crippen LogP contribution in [-0.4, -0.2) is 11.9 Å². The molecule has 1 N–H and O–H groups in total. The van der Waals surface area contributed by atoms with E-state index in [9.17, 15) is 14.9 Å². The van der Waals surface area contributed by atoms with Crippen molar-refractivity contribution in [2.45, 2.75) is 20.4 Å². The highest BCUT2D eigenvalue weighted by Crippen LogP contribution is 2.16. The van der Waals surface area contributed by atoms with Gasteiger partial charge in [-0.15, -0.1) is 0 Å². The molecule has 0 saturated heterocycles. The molecule has 0 unspecified atom stereocenters. The predicted molar refractivity (Wildman–Crippen MR) is 91.1 cm³/mol. The van der Waals surface area contributed by atoms with Gasteiger partial charge in [-0.25, -0.2) is 0 Å². The number of nitrogens with zero attached hydrogens (tertiary/aromatic N) is 1. The van der Waals surface area contributed by atoms with E-state index in [1.54, 1.807) is 50.2 Å². The number of hydrogen-bond donors (Lipinski definition) is 1. The van der Waals surface area contributed by atoms with Crippen molar-refractivity contribution < 1.29 is 18.7 Å². The number of nitriles is 1. The fourth-order valence-corrected chi connectivity index (χ4v) is 1.86. The van der Waals surface area contributed by atoms with Gasteiger partial charge in [0.05, 0.1) is 18.7 Å². The van der Waals surface area contributed by atoms with E-state index >= 15 is 0 Å². The standard InChI is InChI=1S/C19H18N2O4/c1-13(2)19(23)25-16-7-5-14(6-8-16)10-15(11-20)18(22)21-12-17-4-3-9-24-17/h3-10,13H,12H2,1-2H3,(H,21,22)/b15-10+. The van der Waals surface area contributed by atoms with Gasteiger partial charge in [0.2, 0.25) is 0 Å². The Bertz CT molecular complexity index is 797. The molecule has 1 aromatic carbocycles. The van der Waals surface area contributed by atoms with Gasteiger partial charge in [-0.05, 0) is 35.9 Å². The Morgan fingerprint density at radius 3 is 2.56 bits per heavy atom. The molecule has 0 aliphatic heterocycles. The molecule has 1 amide bonds. The topological polar surface area (TPSA) is 92.3 Å². The van der Waals surface area contributed by atoms with Crippen LogP contribution >= 0.6 is 0 Å². The lowest BCUT2D eigenvalue weighted by molar-refractivity contribution is -0.137. The summed E-state index contributed by atoms with van der Waals surface area (Å²) in [4.78, 5) is 23.6. The number of ether oxygens (including phenoxy) is 1. The summed E-state index contributed by atoms with van der Waals surface area (Å²) < 4.78 is 10.3. The Hall–Kier alpha value is -3.33. The SMILES string of the molecule is CC(C)C(=O)Oc1ccc(/C=C(\C#N)C(=O)NCc2ccco2)cc1. The smallest absolute Gasteiger partial charge is 0.313 e. The molecule has 0 saturated carbocycles. The number of rotatable bonds is 6. The third-order valence-corrected chi connectivity index (χ3v) is 3.25. The molecular formula is C19H18N2O4. The number of amides is 1. The second-order valence-electron chi connectivity index (χ2n) is 5.58. The van der Waals surface area contributed by atoms with Crippen molar-refractivity contribution >= 4 is 18.0 Å². The van der Waals surface area contributed by atoms with E-state index in [0.717, 1.165) is 0 Å². The molecule has 2 aromatic rings. The Morgan fingerprint density at radius 2 is 2.00 bits per heavy atom. The number of nitrogens with one attached hydrogen (secondary N) is 1. The van der Waals surface area contributed by atoms with Crippen molar-refractivity contribution in [1.29, 1.82) is 5.26 Å². The van der Waals surface area contributed by atoms with Crippen molar-refractivity contribution in [3.63, 3.8) is 0 Å². The highest BCUT2D eigenvalue weighted by atomic mass is 16.5. The van der Waals surface area contributed by atoms with Crippen molar-refractivity contribution in [2.75, 3.05) is 0 Å². The van der Waals surface area contributed by atoms with E-state index in [2.05, 4.69) is 5.32 Å². The van der Waals surface area contributed by atoms with Gasteiger partial charge in [-0.1, -0.05) is 26.0 Å². The van der Waals surface area contributed by atoms with Crippen LogP contribution in [0.2, 0.25) is 0 Å². The molecule has 0 bridgehead atoms. The summed E-state index contributed by atoms with van der Waals surface area (Å²) in [5, 5.41) is 11.8. The first kappa shape index (κ1) is 18.0. The number of esters is 1. The zero-order chi connectivity index (χ0) is 18.2. The normalized spacial score (nSPS) is 11.0. The number of furan rings is 1. The summed E-state index contributed by atoms with van der Waals surface area (Å²) in [5.41, 5.74) is 0.618. The zero-order valence-corrected chi connectivity index (χ0v) is 14.0. The van der Waals surface area contributed by atoms with Gasteiger partial charge in [0, 0.05) is 0 Å². The first-order valence-corrected chi connectivity index (χ1v) is 7.73. The van der Waals surface area contributed by atoms with E-state index in [-0.39, 0.29) is 24.0 Å². The monoisotopic (exact) mass is 338 g/mol. The molecule has 6 heteroatoms. The van der Waals surface area contributed by atoms with Gasteiger partial charge in [0.25, 0.3) is 5.91 Å². The van der Waals surface area contributed by atoms with E-state index in [4.69, 9.17) is 9.15 Å². The Balaban J connectivity index is 2.02. The average molecular weight is 338 g/mol. The fraction of sp³-hybridized carbons (Fsp3) is 0.211. The van der Waals surface area contributed by atoms with E-state index in [1.165, 1.54) is 12.3 Å². The number of benzene rings is 1. The molecular weight excluding hydrogens is 320 g/mol. The highest BCUT2D eigenvalue weighted by molar-refractivity contribution is 6.01. The maximum absolute atomic E-state index is 12.0. The Morgan fingerprint density at radius 1 is 1.28 bits per heavy atom. The van der Waals surface area contributed by atoms with Crippen LogP contribution in [0, 0.1) is 17.2 Å². The van der Waals surface area contributed by atoms with Gasteiger partial charge >= 0.3 is 5.97 Å². The summed E-state index contributed by atoms with van der Waals surface area (Å²) >= 11 is 0. The highest BCUT2D eigenvalue weighted by Gasteiger charge is 2.11. The quantitative estimate of drug-likeness (QED) is 0.378. The van der Waals surface area contributed by atoms with Gasteiger partial charge in [-0.3, -0.25) is 9.59 Å². The van der Waals surface area contributed by atoms with Crippen LogP contribution in [-0.2, 0) is 16.1 Å². The van der Waals surface area contributed by atoms with Crippen LogP contribution in [0.3, 0.4) is 0 Å². The van der Waals surface area contributed by atoms with E-state index < -0.39 is 5.91 Å². The van der Waals surface area contributed by atoms with Gasteiger partial charge in [-0.2, -0.15) is 5.26 Å². The van der Waals surface area contributed by atoms with E-state index in [0.29, 0.717) is 17.1 Å². The molecule has 0 aliphatic rings. The predicted octanol–water partition coefficient (Wildman–Crippen LogP) is 3.06. The summed E-state index contributed by atoms with van der Waals surface area (Å²) in [5.74, 6) is -0.0197. The average Bonchev–Trinajstić information content (AvgIpc) is 3.12. The minimum Gasteiger partial charge on any atom is -0.467 e. The first-order valence-electron chi connectivity index (χ1n) is 7.73. The molecule has 1 heterocycles. The molecule has 0 spiro atoms. The van der Waals surface area contributed by atoms with Gasteiger partial charge in [0.1, 0.15) is 23.2 Å². The molecule has 25 heavy (non-hydrogen) atoms. The first-order chi connectivity index (χ1) is 12.0. The minimum absolute atomic E-state index is 0.0292. The molecule has 6 nitrogen and oxygen atoms in total. The molecule has 0 radical (unpaired) electrons. The molecule has 0 atom stereocenters. The zero-order valence-electron chi connectivity index (χ0n) is 14.0. The van der Waals surface area contributed by atoms with Crippen molar-refractivity contribution in [1.82, 2.24) is 5.32 Å². The number of carbonyl (C=O) groups is 2. The van der Waals surface area contributed by atoms with Gasteiger partial charge in [0.15, 0.2) is 0 Å². The van der Waals surface area contributed by atoms with Crippen molar-refractivity contribution in [3.8, 4) is 11.8 Å². The third-order valence-electron chi connectivity index (χ3n) is 3.25. The van der Waals surface area contributed by atoms with Gasteiger partial charge < -0.3 is 14.5 Å². The molecule has 1 aromatic heterocycles. The summed E-state index contributed by atoms with van der Waals surface area (Å²) in [6, 6.07) is 11.9. The molecule has 0 aliphatic carbocycles. The third kappa shape index (κ3) is 5.36. The molecule has 128 valence electrons. The maximum Gasteiger partial charge on any atom is 0.313 e. The lowest BCUT2D eigenvalue weighted by atomic mass is 10.1. The summed E-state index contributed by atoms with van der Waals surface area (Å²) in [7, 11) is 0. The number of hydrogen-bond acceptors (Lipinski definition) is 5.